The van der Waals surface area contributed by atoms with E-state index in [4.69, 9.17) is 11.5 Å². The molecule has 2 saturated heterocycles. The standard InChI is InChI=1S/C66H86N16O12/c1-4-70-64(93)55-19-11-27-82(55)65(94)48(18-10-26-71-66(67)68)75-58(87)49(28-37(2)3)76-60(89)52(31-41-33-72-46-17-8-7-16-45(41)46)79-59(88)50(29-38-20-22-43(84)23-21-38)77-63(92)54(35-83)81-61(90)51(30-40-14-9-13-39-12-5-6-15-44(39)40)78-62(91)53(32-42-34-69-36-73-42)80-57(86)47-24-25-56(85)74-47/h5-6,8-9,12-15,17,20-23,33-34,36-37,47-55,72,83-84H,4,7,10-11,16,18-19,24-32,35H2,1-3H3,(H,69,73)(H,70,93)(H,74,85)(H,75,87)(H,76,89)(H,77,92)(H,78,91)(H,79,88)(H,80,86)(H,81,90)(H4,67,68,71)/t47-,48-,49-,50-,51-,52+,53-,54-,55-/m0/s1. The summed E-state index contributed by atoms with van der Waals surface area (Å²) in [5.41, 5.74) is 15.1. The number of aromatic hydroxyl groups is 1. The average Bonchev–Trinajstić information content (AvgIpc) is 1.38. The van der Waals surface area contributed by atoms with Gasteiger partial charge in [-0.2, -0.15) is 0 Å². The number of rotatable bonds is 32. The number of aliphatic imine (C=N–C) groups is 1. The van der Waals surface area contributed by atoms with Crippen LogP contribution in [0, 0.1) is 5.92 Å². The molecule has 10 amide bonds. The van der Waals surface area contributed by atoms with Crippen LogP contribution in [0.4, 0.5) is 0 Å². The lowest BCUT2D eigenvalue weighted by Crippen LogP contribution is -2.61. The fraction of sp³-hybridized carbons (Fsp3) is 0.455. The van der Waals surface area contributed by atoms with E-state index in [9.17, 15) is 48.6 Å². The van der Waals surface area contributed by atoms with Gasteiger partial charge in [-0.25, -0.2) is 4.98 Å². The maximum absolute atomic E-state index is 15.1. The highest BCUT2D eigenvalue weighted by Gasteiger charge is 2.40. The molecule has 0 saturated carbocycles. The number of H-pyrrole nitrogens is 2. The first-order valence-corrected chi connectivity index (χ1v) is 31.9. The van der Waals surface area contributed by atoms with Gasteiger partial charge in [-0.15, -0.1) is 0 Å². The number of guanidine groups is 1. The zero-order valence-electron chi connectivity index (χ0n) is 53.0. The van der Waals surface area contributed by atoms with E-state index in [2.05, 4.69) is 67.8 Å². The molecule has 1 aliphatic carbocycles. The molecule has 94 heavy (non-hydrogen) atoms. The summed E-state index contributed by atoms with van der Waals surface area (Å²) < 4.78 is 0. The van der Waals surface area contributed by atoms with Crippen molar-refractivity contribution in [1.29, 1.82) is 0 Å². The van der Waals surface area contributed by atoms with Crippen molar-refractivity contribution in [3.8, 4) is 5.75 Å². The van der Waals surface area contributed by atoms with Crippen molar-refractivity contribution < 1.29 is 58.2 Å². The molecule has 5 aromatic rings. The Hall–Kier alpha value is -10.1. The molecule has 3 aromatic carbocycles. The number of aliphatic hydroxyl groups excluding tert-OH is 1. The number of aromatic amines is 2. The van der Waals surface area contributed by atoms with E-state index in [0.717, 1.165) is 22.0 Å². The summed E-state index contributed by atoms with van der Waals surface area (Å²) in [6, 6.07) is 6.86. The lowest BCUT2D eigenvalue weighted by atomic mass is 9.95. The number of carbonyl (C=O) groups is 10. The Morgan fingerprint density at radius 2 is 1.33 bits per heavy atom. The number of allylic oxidation sites excluding steroid dienone is 1. The molecule has 0 radical (unpaired) electrons. The number of fused-ring (bicyclic) bond motifs is 2. The minimum atomic E-state index is -1.78. The summed E-state index contributed by atoms with van der Waals surface area (Å²) in [6.07, 6.45) is 10.8. The van der Waals surface area contributed by atoms with E-state index < -0.39 is 108 Å². The van der Waals surface area contributed by atoms with E-state index in [0.29, 0.717) is 54.6 Å². The number of benzene rings is 3. The fourth-order valence-corrected chi connectivity index (χ4v) is 12.0. The molecule has 28 heteroatoms. The lowest BCUT2D eigenvalue weighted by Gasteiger charge is -2.30. The number of imidazole rings is 1. The summed E-state index contributed by atoms with van der Waals surface area (Å²) in [5, 5.41) is 47.4. The number of hydrogen-bond donors (Lipinski definition) is 15. The molecule has 4 heterocycles. The van der Waals surface area contributed by atoms with Crippen LogP contribution in [-0.2, 0) is 80.0 Å². The van der Waals surface area contributed by atoms with Gasteiger partial charge in [-0.05, 0) is 115 Å². The number of likely N-dealkylation sites (N-methyl/N-ethyl adjacent to an activating group) is 1. The Labute approximate surface area is 543 Å². The van der Waals surface area contributed by atoms with Gasteiger partial charge in [-0.3, -0.25) is 52.9 Å². The minimum absolute atomic E-state index is 0.0734. The van der Waals surface area contributed by atoms with Crippen LogP contribution in [0.2, 0.25) is 0 Å². The first-order valence-electron chi connectivity index (χ1n) is 31.9. The first-order chi connectivity index (χ1) is 45.2. The van der Waals surface area contributed by atoms with Crippen LogP contribution < -0.4 is 59.3 Å². The van der Waals surface area contributed by atoms with Gasteiger partial charge in [0, 0.05) is 75.5 Å². The highest BCUT2D eigenvalue weighted by molar-refractivity contribution is 6.00. The molecule has 0 unspecified atom stereocenters. The number of hydrogen-bond acceptors (Lipinski definition) is 14. The Morgan fingerprint density at radius 1 is 0.702 bits per heavy atom. The van der Waals surface area contributed by atoms with Crippen LogP contribution in [0.15, 0.2) is 96.5 Å². The van der Waals surface area contributed by atoms with Crippen molar-refractivity contribution in [3.63, 3.8) is 0 Å². The van der Waals surface area contributed by atoms with E-state index in [1.165, 1.54) is 41.7 Å². The van der Waals surface area contributed by atoms with Crippen LogP contribution in [0.1, 0.15) is 106 Å². The van der Waals surface area contributed by atoms with E-state index in [1.807, 2.05) is 56.3 Å². The number of carbonyl (C=O) groups excluding carboxylic acids is 10. The number of amides is 10. The molecule has 28 nitrogen and oxygen atoms in total. The molecule has 0 bridgehead atoms. The van der Waals surface area contributed by atoms with Crippen molar-refractivity contribution in [3.05, 3.63) is 125 Å². The Morgan fingerprint density at radius 3 is 1.98 bits per heavy atom. The largest absolute Gasteiger partial charge is 0.508 e. The third-order valence-electron chi connectivity index (χ3n) is 16.8. The second-order valence-electron chi connectivity index (χ2n) is 24.3. The molecule has 502 valence electrons. The molecule has 17 N–H and O–H groups in total. The van der Waals surface area contributed by atoms with E-state index >= 15 is 9.59 Å². The van der Waals surface area contributed by atoms with E-state index in [-0.39, 0.29) is 100 Å². The number of phenols is 1. The van der Waals surface area contributed by atoms with Gasteiger partial charge in [0.25, 0.3) is 0 Å². The molecular weight excluding hydrogens is 1210 g/mol. The van der Waals surface area contributed by atoms with Crippen molar-refractivity contribution in [1.82, 2.24) is 67.7 Å². The maximum atomic E-state index is 15.1. The SMILES string of the molecule is CCNC(=O)[C@@H]1CCCN1C(=O)[C@H](CCCN=C(N)N)NC(=O)[C@H](CC(C)C)NC(=O)[C@@H](Cc1c[nH]c2c1CCC=C2)NC(=O)[C@H](Cc1ccc(O)cc1)NC(=O)[C@H](CO)NC(=O)[C@H](Cc1cccc2ccccc12)NC(=O)[C@H](Cc1cnc[nH]1)NC(=O)[C@@H]1CCC(=O)N1. The average molecular weight is 1300 g/mol. The molecule has 0 spiro atoms. The first kappa shape index (κ1) is 69.8. The monoisotopic (exact) mass is 1290 g/mol. The van der Waals surface area contributed by atoms with Gasteiger partial charge in [0.15, 0.2) is 5.96 Å². The molecule has 2 aliphatic heterocycles. The molecule has 8 rings (SSSR count). The Kier molecular flexibility index (Phi) is 24.8. The van der Waals surface area contributed by atoms with Crippen LogP contribution in [0.5, 0.6) is 5.75 Å². The number of phenolic OH excluding ortho intramolecular Hbond substituents is 1. The number of likely N-dealkylation sites (tertiary alicyclic amines) is 1. The van der Waals surface area contributed by atoms with Crippen LogP contribution in [0.3, 0.4) is 0 Å². The number of nitrogens with two attached hydrogens (primary N) is 2. The summed E-state index contributed by atoms with van der Waals surface area (Å²) in [4.78, 5) is 158. The highest BCUT2D eigenvalue weighted by atomic mass is 16.3. The summed E-state index contributed by atoms with van der Waals surface area (Å²) >= 11 is 0. The predicted molar refractivity (Wildman–Crippen MR) is 348 cm³/mol. The second-order valence-corrected chi connectivity index (χ2v) is 24.3. The molecule has 9 atom stereocenters. The summed E-state index contributed by atoms with van der Waals surface area (Å²) in [6.45, 7) is 5.19. The fourth-order valence-electron chi connectivity index (χ4n) is 12.0. The number of nitrogens with one attached hydrogen (secondary N) is 11. The van der Waals surface area contributed by atoms with Gasteiger partial charge < -0.3 is 84.4 Å². The van der Waals surface area contributed by atoms with Gasteiger partial charge in [-0.1, -0.05) is 74.5 Å². The summed E-state index contributed by atoms with van der Waals surface area (Å²) in [7, 11) is 0. The topological polar surface area (TPSA) is 432 Å². The number of nitrogens with zero attached hydrogens (tertiary/aromatic N) is 3. The highest BCUT2D eigenvalue weighted by Crippen LogP contribution is 2.26. The molecular formula is C66H86N16O12. The van der Waals surface area contributed by atoms with Gasteiger partial charge in [0.1, 0.15) is 60.1 Å². The normalized spacial score (nSPS) is 17.2. The Bertz CT molecular complexity index is 3560. The van der Waals surface area contributed by atoms with E-state index in [1.54, 1.807) is 25.3 Å². The number of aromatic nitrogens is 3. The quantitative estimate of drug-likeness (QED) is 0.0150. The third-order valence-corrected chi connectivity index (χ3v) is 16.8. The Balaban J connectivity index is 1.06. The lowest BCUT2D eigenvalue weighted by molar-refractivity contribution is -0.142. The van der Waals surface area contributed by atoms with Crippen molar-refractivity contribution >= 4 is 81.9 Å². The van der Waals surface area contributed by atoms with Crippen molar-refractivity contribution in [2.45, 2.75) is 159 Å². The van der Waals surface area contributed by atoms with Crippen molar-refractivity contribution in [2.24, 2.45) is 22.4 Å². The molecule has 2 fully saturated rings. The van der Waals surface area contributed by atoms with Crippen LogP contribution in [0.25, 0.3) is 16.8 Å². The minimum Gasteiger partial charge on any atom is -0.508 e. The van der Waals surface area contributed by atoms with Gasteiger partial charge in [0.05, 0.1) is 12.9 Å². The third kappa shape index (κ3) is 19.2. The molecule has 3 aliphatic rings. The van der Waals surface area contributed by atoms with Gasteiger partial charge in [0.2, 0.25) is 59.1 Å². The smallest absolute Gasteiger partial charge is 0.245 e. The van der Waals surface area contributed by atoms with Crippen LogP contribution in [-0.4, -0.2) is 176 Å². The summed E-state index contributed by atoms with van der Waals surface area (Å²) in [5.74, 6) is -7.46. The predicted octanol–water partition coefficient (Wildman–Crippen LogP) is -0.282. The maximum Gasteiger partial charge on any atom is 0.245 e. The van der Waals surface area contributed by atoms with Gasteiger partial charge >= 0.3 is 0 Å². The zero-order chi connectivity index (χ0) is 67.4. The second kappa shape index (κ2) is 33.5. The zero-order valence-corrected chi connectivity index (χ0v) is 53.0. The van der Waals surface area contributed by atoms with Crippen LogP contribution >= 0.6 is 0 Å². The number of aliphatic hydroxyl groups is 1. The van der Waals surface area contributed by atoms with Crippen molar-refractivity contribution in [2.75, 3.05) is 26.2 Å². The molecule has 2 aromatic heterocycles.